The van der Waals surface area contributed by atoms with Gasteiger partial charge in [-0.25, -0.2) is 9.97 Å². The Bertz CT molecular complexity index is 938. The number of hydrogen-bond acceptors (Lipinski definition) is 6. The van der Waals surface area contributed by atoms with Crippen molar-refractivity contribution in [1.82, 2.24) is 9.97 Å². The summed E-state index contributed by atoms with van der Waals surface area (Å²) in [5, 5.41) is 4.48. The molecule has 0 aliphatic heterocycles. The molecule has 0 amide bonds. The monoisotopic (exact) mass is 406 g/mol. The van der Waals surface area contributed by atoms with Crippen LogP contribution in [0.4, 0.5) is 0 Å². The van der Waals surface area contributed by atoms with Crippen molar-refractivity contribution in [3.63, 3.8) is 0 Å². The van der Waals surface area contributed by atoms with Crippen LogP contribution in [0.1, 0.15) is 31.0 Å². The second-order valence-corrected chi connectivity index (χ2v) is 7.78. The molecule has 3 aromatic rings. The molecule has 0 bridgehead atoms. The van der Waals surface area contributed by atoms with E-state index in [-0.39, 0.29) is 6.61 Å². The molecule has 144 valence electrons. The SMILES string of the molecule is COC(COc1ccc2c(Cl)cc(-c3nc(C(C)C)cs3)nc2c1C)OC. The Morgan fingerprint density at radius 2 is 1.89 bits per heavy atom. The van der Waals surface area contributed by atoms with E-state index in [4.69, 9.17) is 35.8 Å². The van der Waals surface area contributed by atoms with Crippen LogP contribution in [0.2, 0.25) is 5.02 Å². The molecule has 0 saturated heterocycles. The van der Waals surface area contributed by atoms with Gasteiger partial charge >= 0.3 is 0 Å². The molecule has 7 heteroatoms. The Kier molecular flexibility index (Phi) is 6.32. The molecule has 0 aliphatic rings. The van der Waals surface area contributed by atoms with Crippen LogP contribution in [-0.4, -0.2) is 37.1 Å². The van der Waals surface area contributed by atoms with Gasteiger partial charge in [0.05, 0.1) is 16.2 Å². The van der Waals surface area contributed by atoms with Crippen molar-refractivity contribution in [1.29, 1.82) is 0 Å². The highest BCUT2D eigenvalue weighted by Crippen LogP contribution is 2.35. The second kappa shape index (κ2) is 8.52. The van der Waals surface area contributed by atoms with Crippen molar-refractivity contribution in [2.45, 2.75) is 33.0 Å². The first-order valence-electron chi connectivity index (χ1n) is 8.68. The molecule has 5 nitrogen and oxygen atoms in total. The quantitative estimate of drug-likeness (QED) is 0.489. The number of benzene rings is 1. The normalized spacial score (nSPS) is 11.7. The standard InChI is InChI=1S/C20H23ClN2O3S/c1-11(2)16-10-27-20(23-16)15-8-14(21)13-6-7-17(12(3)19(13)22-15)26-9-18(24-4)25-5/h6-8,10-11,18H,9H2,1-5H3. The first-order valence-corrected chi connectivity index (χ1v) is 9.94. The van der Waals surface area contributed by atoms with Crippen LogP contribution in [0, 0.1) is 6.92 Å². The van der Waals surface area contributed by atoms with E-state index in [9.17, 15) is 0 Å². The first-order chi connectivity index (χ1) is 12.9. The molecule has 0 aliphatic carbocycles. The number of methoxy groups -OCH3 is 2. The largest absolute Gasteiger partial charge is 0.488 e. The molecule has 1 aromatic carbocycles. The van der Waals surface area contributed by atoms with Crippen LogP contribution >= 0.6 is 22.9 Å². The molecule has 0 N–H and O–H groups in total. The predicted molar refractivity (Wildman–Crippen MR) is 110 cm³/mol. The van der Waals surface area contributed by atoms with E-state index >= 15 is 0 Å². The lowest BCUT2D eigenvalue weighted by molar-refractivity contribution is -0.122. The summed E-state index contributed by atoms with van der Waals surface area (Å²) in [4.78, 5) is 9.52. The Labute approximate surface area is 168 Å². The maximum absolute atomic E-state index is 6.53. The average molecular weight is 407 g/mol. The average Bonchev–Trinajstić information content (AvgIpc) is 3.15. The van der Waals surface area contributed by atoms with E-state index in [1.807, 2.05) is 25.1 Å². The van der Waals surface area contributed by atoms with Crippen molar-refractivity contribution >= 4 is 33.8 Å². The van der Waals surface area contributed by atoms with Crippen LogP contribution in [-0.2, 0) is 9.47 Å². The summed E-state index contributed by atoms with van der Waals surface area (Å²) in [7, 11) is 3.16. The van der Waals surface area contributed by atoms with E-state index in [0.29, 0.717) is 10.9 Å². The summed E-state index contributed by atoms with van der Waals surface area (Å²) in [6.07, 6.45) is -0.423. The number of rotatable bonds is 7. The molecule has 27 heavy (non-hydrogen) atoms. The number of fused-ring (bicyclic) bond motifs is 1. The van der Waals surface area contributed by atoms with Crippen LogP contribution in [0.15, 0.2) is 23.6 Å². The van der Waals surface area contributed by atoms with E-state index in [2.05, 4.69) is 19.2 Å². The van der Waals surface area contributed by atoms with E-state index in [0.717, 1.165) is 38.6 Å². The lowest BCUT2D eigenvalue weighted by atomic mass is 10.1. The maximum Gasteiger partial charge on any atom is 0.191 e. The Morgan fingerprint density at radius 1 is 1.15 bits per heavy atom. The summed E-state index contributed by atoms with van der Waals surface area (Å²) >= 11 is 8.12. The molecule has 0 fully saturated rings. The number of ether oxygens (including phenoxy) is 3. The van der Waals surface area contributed by atoms with Crippen LogP contribution in [0.3, 0.4) is 0 Å². The van der Waals surface area contributed by atoms with Gasteiger partial charge < -0.3 is 14.2 Å². The molecule has 3 rings (SSSR count). The number of thiazole rings is 1. The van der Waals surface area contributed by atoms with Gasteiger partial charge in [-0.2, -0.15) is 0 Å². The van der Waals surface area contributed by atoms with Crippen LogP contribution < -0.4 is 4.74 Å². The van der Waals surface area contributed by atoms with Crippen molar-refractivity contribution in [2.24, 2.45) is 0 Å². The van der Waals surface area contributed by atoms with Gasteiger partial charge in [0, 0.05) is 30.5 Å². The molecule has 2 aromatic heterocycles. The van der Waals surface area contributed by atoms with E-state index in [1.165, 1.54) is 0 Å². The predicted octanol–water partition coefficient (Wildman–Crippen LogP) is 5.44. The van der Waals surface area contributed by atoms with Crippen molar-refractivity contribution < 1.29 is 14.2 Å². The summed E-state index contributed by atoms with van der Waals surface area (Å²) < 4.78 is 16.2. The number of nitrogens with zero attached hydrogens (tertiary/aromatic N) is 2. The van der Waals surface area contributed by atoms with Gasteiger partial charge in [-0.05, 0) is 31.0 Å². The fraction of sp³-hybridized carbons (Fsp3) is 0.400. The molecule has 0 radical (unpaired) electrons. The highest BCUT2D eigenvalue weighted by Gasteiger charge is 2.15. The van der Waals surface area contributed by atoms with Gasteiger partial charge in [0.2, 0.25) is 0 Å². The zero-order chi connectivity index (χ0) is 19.6. The second-order valence-electron chi connectivity index (χ2n) is 6.52. The summed E-state index contributed by atoms with van der Waals surface area (Å²) in [6.45, 7) is 6.51. The van der Waals surface area contributed by atoms with Gasteiger partial charge in [-0.1, -0.05) is 25.4 Å². The zero-order valence-electron chi connectivity index (χ0n) is 16.1. The zero-order valence-corrected chi connectivity index (χ0v) is 17.6. The first kappa shape index (κ1) is 20.0. The van der Waals surface area contributed by atoms with Gasteiger partial charge in [-0.15, -0.1) is 11.3 Å². The van der Waals surface area contributed by atoms with Crippen LogP contribution in [0.5, 0.6) is 5.75 Å². The third kappa shape index (κ3) is 4.24. The van der Waals surface area contributed by atoms with Gasteiger partial charge in [0.25, 0.3) is 0 Å². The van der Waals surface area contributed by atoms with Gasteiger partial charge in [0.1, 0.15) is 23.1 Å². The van der Waals surface area contributed by atoms with Crippen molar-refractivity contribution in [2.75, 3.05) is 20.8 Å². The van der Waals surface area contributed by atoms with Crippen molar-refractivity contribution in [3.8, 4) is 16.5 Å². The third-order valence-corrected chi connectivity index (χ3v) is 5.56. The summed E-state index contributed by atoms with van der Waals surface area (Å²) in [5.41, 5.74) is 3.56. The Balaban J connectivity index is 2.00. The van der Waals surface area contributed by atoms with Gasteiger partial charge in [0.15, 0.2) is 6.29 Å². The Morgan fingerprint density at radius 3 is 2.52 bits per heavy atom. The molecule has 0 saturated carbocycles. The highest BCUT2D eigenvalue weighted by molar-refractivity contribution is 7.13. The number of halogens is 1. The fourth-order valence-electron chi connectivity index (χ4n) is 2.69. The molecule has 0 atom stereocenters. The van der Waals surface area contributed by atoms with E-state index in [1.54, 1.807) is 25.6 Å². The topological polar surface area (TPSA) is 53.5 Å². The smallest absolute Gasteiger partial charge is 0.191 e. The summed E-state index contributed by atoms with van der Waals surface area (Å²) in [6, 6.07) is 5.69. The van der Waals surface area contributed by atoms with Crippen LogP contribution in [0.25, 0.3) is 21.6 Å². The van der Waals surface area contributed by atoms with Gasteiger partial charge in [-0.3, -0.25) is 0 Å². The molecular weight excluding hydrogens is 384 g/mol. The minimum atomic E-state index is -0.423. The minimum Gasteiger partial charge on any atom is -0.488 e. The summed E-state index contributed by atoms with van der Waals surface area (Å²) in [5.74, 6) is 1.10. The lowest BCUT2D eigenvalue weighted by Gasteiger charge is -2.16. The molecule has 0 spiro atoms. The number of hydrogen-bond donors (Lipinski definition) is 0. The fourth-order valence-corrected chi connectivity index (χ4v) is 3.89. The molecule has 0 unspecified atom stereocenters. The molecule has 2 heterocycles. The highest BCUT2D eigenvalue weighted by atomic mass is 35.5. The maximum atomic E-state index is 6.53. The number of pyridine rings is 1. The Hall–Kier alpha value is -1.73. The number of aromatic nitrogens is 2. The third-order valence-electron chi connectivity index (χ3n) is 4.37. The number of aryl methyl sites for hydroxylation is 1. The molecular formula is C20H23ClN2O3S. The lowest BCUT2D eigenvalue weighted by Crippen LogP contribution is -2.22. The van der Waals surface area contributed by atoms with E-state index < -0.39 is 6.29 Å². The van der Waals surface area contributed by atoms with Crippen molar-refractivity contribution in [3.05, 3.63) is 39.9 Å². The minimum absolute atomic E-state index is 0.289.